The summed E-state index contributed by atoms with van der Waals surface area (Å²) in [6.45, 7) is 9.85. The Labute approximate surface area is 103 Å². The summed E-state index contributed by atoms with van der Waals surface area (Å²) in [5.41, 5.74) is 0. The van der Waals surface area contributed by atoms with Crippen molar-refractivity contribution in [3.8, 4) is 0 Å². The molecule has 0 saturated heterocycles. The van der Waals surface area contributed by atoms with Crippen molar-refractivity contribution >= 4 is 11.9 Å². The summed E-state index contributed by atoms with van der Waals surface area (Å²) >= 11 is 0. The van der Waals surface area contributed by atoms with Crippen LogP contribution in [0.4, 0.5) is 0 Å². The van der Waals surface area contributed by atoms with Crippen LogP contribution >= 0.6 is 0 Å². The van der Waals surface area contributed by atoms with Gasteiger partial charge in [-0.3, -0.25) is 4.79 Å². The van der Waals surface area contributed by atoms with E-state index in [1.165, 1.54) is 7.11 Å². The summed E-state index contributed by atoms with van der Waals surface area (Å²) in [7, 11) is 1.39. The van der Waals surface area contributed by atoms with Crippen molar-refractivity contribution in [2.75, 3.05) is 20.3 Å². The first-order chi connectivity index (χ1) is 7.90. The average molecular weight is 248 g/mol. The fourth-order valence-corrected chi connectivity index (χ4v) is 0.813. The standard InChI is InChI=1S/C7H14O3.C5H10O2/c1-4-9-6(3)7(8)10-5-2;1-4(2)5(6)7-3/h6H,4-5H2,1-3H3;4H,1-3H3. The highest BCUT2D eigenvalue weighted by atomic mass is 16.6. The summed E-state index contributed by atoms with van der Waals surface area (Å²) in [6.07, 6.45) is -0.426. The molecule has 0 heterocycles. The Morgan fingerprint density at radius 3 is 1.76 bits per heavy atom. The molecule has 0 aromatic heterocycles. The third-order valence-electron chi connectivity index (χ3n) is 1.71. The number of ether oxygens (including phenoxy) is 3. The number of rotatable bonds is 5. The fourth-order valence-electron chi connectivity index (χ4n) is 0.813. The lowest BCUT2D eigenvalue weighted by Gasteiger charge is -2.08. The molecule has 1 atom stereocenters. The zero-order valence-electron chi connectivity index (χ0n) is 11.6. The maximum Gasteiger partial charge on any atom is 0.334 e. The highest BCUT2D eigenvalue weighted by Crippen LogP contribution is 1.93. The molecule has 0 aliphatic rings. The minimum Gasteiger partial charge on any atom is -0.469 e. The Hall–Kier alpha value is -1.10. The zero-order valence-corrected chi connectivity index (χ0v) is 11.6. The molecule has 0 aliphatic heterocycles. The van der Waals surface area contributed by atoms with E-state index in [9.17, 15) is 9.59 Å². The van der Waals surface area contributed by atoms with Gasteiger partial charge in [0.1, 0.15) is 0 Å². The van der Waals surface area contributed by atoms with Crippen molar-refractivity contribution in [1.82, 2.24) is 0 Å². The lowest BCUT2D eigenvalue weighted by Crippen LogP contribution is -2.23. The summed E-state index contributed by atoms with van der Waals surface area (Å²) in [6, 6.07) is 0. The quantitative estimate of drug-likeness (QED) is 0.694. The summed E-state index contributed by atoms with van der Waals surface area (Å²) in [5.74, 6) is -0.436. The van der Waals surface area contributed by atoms with Gasteiger partial charge in [-0.25, -0.2) is 4.79 Å². The molecule has 0 aliphatic carbocycles. The summed E-state index contributed by atoms with van der Waals surface area (Å²) in [5, 5.41) is 0. The van der Waals surface area contributed by atoms with Crippen molar-refractivity contribution in [2.24, 2.45) is 5.92 Å². The van der Waals surface area contributed by atoms with Crippen LogP contribution in [0.25, 0.3) is 0 Å². The van der Waals surface area contributed by atoms with E-state index in [-0.39, 0.29) is 17.9 Å². The summed E-state index contributed by atoms with van der Waals surface area (Å²) in [4.78, 5) is 21.1. The second kappa shape index (κ2) is 11.4. The van der Waals surface area contributed by atoms with Gasteiger partial charge in [0, 0.05) is 6.61 Å². The molecule has 102 valence electrons. The first kappa shape index (κ1) is 18.3. The minimum absolute atomic E-state index is 0.00463. The van der Waals surface area contributed by atoms with Crippen LogP contribution in [0.1, 0.15) is 34.6 Å². The van der Waals surface area contributed by atoms with Crippen LogP contribution in [-0.2, 0) is 23.8 Å². The van der Waals surface area contributed by atoms with E-state index in [0.29, 0.717) is 13.2 Å². The van der Waals surface area contributed by atoms with Crippen molar-refractivity contribution in [3.05, 3.63) is 0 Å². The van der Waals surface area contributed by atoms with E-state index in [0.717, 1.165) is 0 Å². The monoisotopic (exact) mass is 248 g/mol. The van der Waals surface area contributed by atoms with E-state index in [1.807, 2.05) is 6.92 Å². The molecule has 0 bridgehead atoms. The first-order valence-corrected chi connectivity index (χ1v) is 5.76. The second-order valence-electron chi connectivity index (χ2n) is 3.53. The van der Waals surface area contributed by atoms with Gasteiger partial charge in [0.25, 0.3) is 0 Å². The smallest absolute Gasteiger partial charge is 0.334 e. The first-order valence-electron chi connectivity index (χ1n) is 5.76. The molecule has 1 unspecified atom stereocenters. The number of methoxy groups -OCH3 is 1. The van der Waals surface area contributed by atoms with Gasteiger partial charge in [-0.05, 0) is 20.8 Å². The third-order valence-corrected chi connectivity index (χ3v) is 1.71. The van der Waals surface area contributed by atoms with Crippen LogP contribution in [0.3, 0.4) is 0 Å². The van der Waals surface area contributed by atoms with Gasteiger partial charge in [0.15, 0.2) is 6.10 Å². The highest BCUT2D eigenvalue weighted by molar-refractivity contribution is 5.74. The topological polar surface area (TPSA) is 61.8 Å². The third kappa shape index (κ3) is 11.2. The largest absolute Gasteiger partial charge is 0.469 e. The Morgan fingerprint density at radius 1 is 1.00 bits per heavy atom. The molecule has 0 aromatic carbocycles. The molecule has 0 aromatic rings. The normalized spacial score (nSPS) is 11.2. The van der Waals surface area contributed by atoms with E-state index in [2.05, 4.69) is 4.74 Å². The summed E-state index contributed by atoms with van der Waals surface area (Å²) < 4.78 is 14.0. The van der Waals surface area contributed by atoms with Gasteiger partial charge in [-0.1, -0.05) is 13.8 Å². The van der Waals surface area contributed by atoms with Crippen LogP contribution in [0.2, 0.25) is 0 Å². The number of carbonyl (C=O) groups is 2. The van der Waals surface area contributed by atoms with E-state index in [1.54, 1.807) is 27.7 Å². The lowest BCUT2D eigenvalue weighted by molar-refractivity contribution is -0.155. The van der Waals surface area contributed by atoms with Gasteiger partial charge >= 0.3 is 11.9 Å². The Kier molecular flexibility index (Phi) is 12.2. The Balaban J connectivity index is 0. The molecule has 0 rings (SSSR count). The Morgan fingerprint density at radius 2 is 1.53 bits per heavy atom. The van der Waals surface area contributed by atoms with Crippen molar-refractivity contribution < 1.29 is 23.8 Å². The Bertz CT molecular complexity index is 213. The number of carbonyl (C=O) groups excluding carboxylic acids is 2. The van der Waals surface area contributed by atoms with E-state index >= 15 is 0 Å². The lowest BCUT2D eigenvalue weighted by atomic mass is 10.2. The van der Waals surface area contributed by atoms with Gasteiger partial charge in [-0.2, -0.15) is 0 Å². The maximum absolute atomic E-state index is 10.8. The van der Waals surface area contributed by atoms with E-state index < -0.39 is 6.10 Å². The van der Waals surface area contributed by atoms with Crippen molar-refractivity contribution in [1.29, 1.82) is 0 Å². The molecule has 5 nitrogen and oxygen atoms in total. The van der Waals surface area contributed by atoms with E-state index in [4.69, 9.17) is 9.47 Å². The SMILES string of the molecule is CCOC(=O)C(C)OCC.COC(=O)C(C)C. The molecular formula is C12H24O5. The van der Waals surface area contributed by atoms with Crippen LogP contribution in [0.5, 0.6) is 0 Å². The van der Waals surface area contributed by atoms with Gasteiger partial charge in [0.2, 0.25) is 0 Å². The van der Waals surface area contributed by atoms with Crippen LogP contribution in [0, 0.1) is 5.92 Å². The zero-order chi connectivity index (χ0) is 13.8. The van der Waals surface area contributed by atoms with Gasteiger partial charge < -0.3 is 14.2 Å². The molecule has 5 heteroatoms. The average Bonchev–Trinajstić information content (AvgIpc) is 2.29. The van der Waals surface area contributed by atoms with Crippen LogP contribution in [0.15, 0.2) is 0 Å². The van der Waals surface area contributed by atoms with Gasteiger partial charge in [-0.15, -0.1) is 0 Å². The molecule has 17 heavy (non-hydrogen) atoms. The second-order valence-corrected chi connectivity index (χ2v) is 3.53. The molecule has 0 N–H and O–H groups in total. The highest BCUT2D eigenvalue weighted by Gasteiger charge is 2.12. The van der Waals surface area contributed by atoms with Crippen LogP contribution in [-0.4, -0.2) is 38.4 Å². The van der Waals surface area contributed by atoms with Gasteiger partial charge in [0.05, 0.1) is 19.6 Å². The number of hydrogen-bond donors (Lipinski definition) is 0. The fraction of sp³-hybridized carbons (Fsp3) is 0.833. The van der Waals surface area contributed by atoms with Crippen molar-refractivity contribution in [2.45, 2.75) is 40.7 Å². The minimum atomic E-state index is -0.426. The molecule has 0 radical (unpaired) electrons. The molecule has 0 fully saturated rings. The number of hydrogen-bond acceptors (Lipinski definition) is 5. The predicted octanol–water partition coefficient (Wildman–Crippen LogP) is 1.79. The van der Waals surface area contributed by atoms with Crippen molar-refractivity contribution in [3.63, 3.8) is 0 Å². The molecule has 0 spiro atoms. The molecule has 0 amide bonds. The predicted molar refractivity (Wildman–Crippen MR) is 64.6 cm³/mol. The maximum atomic E-state index is 10.8. The number of esters is 2. The molecular weight excluding hydrogens is 224 g/mol. The molecule has 0 saturated carbocycles. The van der Waals surface area contributed by atoms with Crippen LogP contribution < -0.4 is 0 Å².